The molecular weight excluding hydrogens is 394 g/mol. The normalized spacial score (nSPS) is 23.2. The fourth-order valence-corrected chi connectivity index (χ4v) is 5.86. The molecule has 2 aliphatic rings. The van der Waals surface area contributed by atoms with Gasteiger partial charge in [-0.1, -0.05) is 66.3 Å². The number of fused-ring (bicyclic) bond motifs is 1. The lowest BCUT2D eigenvalue weighted by Crippen LogP contribution is -2.28. The lowest BCUT2D eigenvalue weighted by Gasteiger charge is -2.27. The first-order valence-corrected chi connectivity index (χ1v) is 11.6. The van der Waals surface area contributed by atoms with Gasteiger partial charge in [0.05, 0.1) is 11.7 Å². The Kier molecular flexibility index (Phi) is 5.10. The third-order valence-electron chi connectivity index (χ3n) is 5.36. The van der Waals surface area contributed by atoms with E-state index in [9.17, 15) is 0 Å². The predicted molar refractivity (Wildman–Crippen MR) is 123 cm³/mol. The highest BCUT2D eigenvalue weighted by atomic mass is 32.2. The lowest BCUT2D eigenvalue weighted by atomic mass is 9.96. The van der Waals surface area contributed by atoms with Crippen molar-refractivity contribution in [3.63, 3.8) is 0 Å². The van der Waals surface area contributed by atoms with E-state index in [-0.39, 0.29) is 12.1 Å². The lowest BCUT2D eigenvalue weighted by molar-refractivity contribution is 0.321. The van der Waals surface area contributed by atoms with Gasteiger partial charge in [-0.25, -0.2) is 0 Å². The summed E-state index contributed by atoms with van der Waals surface area (Å²) in [7, 11) is 0. The van der Waals surface area contributed by atoms with Gasteiger partial charge in [0, 0.05) is 27.8 Å². The van der Waals surface area contributed by atoms with Crippen LogP contribution in [0.2, 0.25) is 0 Å². The molecule has 0 unspecified atom stereocenters. The largest absolute Gasteiger partial charge is 0.341 e. The molecule has 0 bridgehead atoms. The highest BCUT2D eigenvalue weighted by molar-refractivity contribution is 8.14. The molecule has 3 nitrogen and oxygen atoms in total. The molecule has 0 saturated carbocycles. The second-order valence-corrected chi connectivity index (χ2v) is 10.2. The third-order valence-corrected chi connectivity index (χ3v) is 7.48. The summed E-state index contributed by atoms with van der Waals surface area (Å²) in [5, 5.41) is 1.74. The van der Waals surface area contributed by atoms with E-state index >= 15 is 0 Å². The number of aliphatic imine (C=N–C) groups is 1. The Hall–Kier alpha value is -2.24. The molecule has 29 heavy (non-hydrogen) atoms. The van der Waals surface area contributed by atoms with E-state index in [2.05, 4.69) is 84.4 Å². The van der Waals surface area contributed by atoms with Crippen molar-refractivity contribution in [2.24, 2.45) is 4.99 Å². The molecule has 1 fully saturated rings. The van der Waals surface area contributed by atoms with Crippen LogP contribution < -0.4 is 0 Å². The number of amidine groups is 1. The van der Waals surface area contributed by atoms with Crippen LogP contribution in [0.1, 0.15) is 35.8 Å². The minimum Gasteiger partial charge on any atom is -0.341 e. The number of nitrogens with zero attached hydrogens (tertiary/aromatic N) is 3. The van der Waals surface area contributed by atoms with Crippen molar-refractivity contribution in [1.82, 2.24) is 9.88 Å². The fourth-order valence-electron chi connectivity index (χ4n) is 3.95. The van der Waals surface area contributed by atoms with Crippen molar-refractivity contribution < 1.29 is 0 Å². The summed E-state index contributed by atoms with van der Waals surface area (Å²) in [5.74, 6) is 0. The molecule has 1 saturated heterocycles. The molecular formula is C24H23N3S2. The Morgan fingerprint density at radius 1 is 0.966 bits per heavy atom. The number of aromatic nitrogens is 1. The van der Waals surface area contributed by atoms with Gasteiger partial charge in [0.2, 0.25) is 0 Å². The molecule has 146 valence electrons. The molecule has 0 aliphatic carbocycles. The van der Waals surface area contributed by atoms with Crippen molar-refractivity contribution in [2.45, 2.75) is 41.0 Å². The maximum absolute atomic E-state index is 5.06. The van der Waals surface area contributed by atoms with Crippen LogP contribution in [-0.2, 0) is 0 Å². The average Bonchev–Trinajstić information content (AvgIpc) is 3.27. The minimum absolute atomic E-state index is 0.0572. The summed E-state index contributed by atoms with van der Waals surface area (Å²) in [5.41, 5.74) is 3.65. The molecule has 3 heterocycles. The molecule has 3 aromatic rings. The van der Waals surface area contributed by atoms with Gasteiger partial charge in [0.15, 0.2) is 5.17 Å². The highest BCUT2D eigenvalue weighted by Gasteiger charge is 2.43. The fraction of sp³-hybridized carbons (Fsp3) is 0.250. The Bertz CT molecular complexity index is 1020. The summed E-state index contributed by atoms with van der Waals surface area (Å²) in [6.07, 6.45) is 1.87. The number of aryl methyl sites for hydroxylation is 1. The maximum Gasteiger partial charge on any atom is 0.160 e. The first kappa shape index (κ1) is 18.8. The predicted octanol–water partition coefficient (Wildman–Crippen LogP) is 6.13. The van der Waals surface area contributed by atoms with Crippen molar-refractivity contribution in [1.29, 1.82) is 0 Å². The van der Waals surface area contributed by atoms with Crippen LogP contribution in [0.4, 0.5) is 0 Å². The number of thioether (sulfide) groups is 1. The van der Waals surface area contributed by atoms with E-state index in [0.717, 1.165) is 17.4 Å². The van der Waals surface area contributed by atoms with Gasteiger partial charge >= 0.3 is 0 Å². The molecule has 3 atom stereocenters. The van der Waals surface area contributed by atoms with Gasteiger partial charge in [-0.05, 0) is 48.9 Å². The zero-order valence-corrected chi connectivity index (χ0v) is 18.2. The van der Waals surface area contributed by atoms with E-state index in [0.29, 0.717) is 5.25 Å². The van der Waals surface area contributed by atoms with E-state index in [1.807, 2.05) is 24.0 Å². The number of hydrogen-bond acceptors (Lipinski definition) is 5. The highest BCUT2D eigenvalue weighted by Crippen LogP contribution is 2.47. The molecule has 2 aromatic carbocycles. The summed E-state index contributed by atoms with van der Waals surface area (Å²) in [6, 6.07) is 24.1. The molecule has 0 amide bonds. The van der Waals surface area contributed by atoms with Crippen LogP contribution >= 0.6 is 23.5 Å². The molecule has 0 radical (unpaired) electrons. The summed E-state index contributed by atoms with van der Waals surface area (Å²) < 4.78 is 0. The molecule has 5 rings (SSSR count). The van der Waals surface area contributed by atoms with Crippen LogP contribution in [0, 0.1) is 6.92 Å². The third kappa shape index (κ3) is 3.81. The smallest absolute Gasteiger partial charge is 0.160 e. The van der Waals surface area contributed by atoms with E-state index < -0.39 is 0 Å². The van der Waals surface area contributed by atoms with Gasteiger partial charge in [0.1, 0.15) is 6.04 Å². The van der Waals surface area contributed by atoms with Crippen molar-refractivity contribution in [3.8, 4) is 0 Å². The maximum atomic E-state index is 5.06. The van der Waals surface area contributed by atoms with Gasteiger partial charge in [-0.2, -0.15) is 0 Å². The van der Waals surface area contributed by atoms with Crippen LogP contribution in [0.15, 0.2) is 87.7 Å². The Labute approximate surface area is 180 Å². The molecule has 0 N–H and O–H groups in total. The molecule has 2 aliphatic heterocycles. The van der Waals surface area contributed by atoms with E-state index in [4.69, 9.17) is 4.99 Å². The van der Waals surface area contributed by atoms with Gasteiger partial charge in [-0.15, -0.1) is 0 Å². The van der Waals surface area contributed by atoms with Crippen molar-refractivity contribution in [3.05, 3.63) is 89.7 Å². The van der Waals surface area contributed by atoms with Crippen molar-refractivity contribution >= 4 is 28.7 Å². The summed E-state index contributed by atoms with van der Waals surface area (Å²) in [6.45, 7) is 5.44. The van der Waals surface area contributed by atoms with Crippen LogP contribution in [0.25, 0.3) is 0 Å². The summed E-state index contributed by atoms with van der Waals surface area (Å²) in [4.78, 5) is 14.7. The number of pyridine rings is 1. The molecule has 0 spiro atoms. The zero-order chi connectivity index (χ0) is 19.8. The quantitative estimate of drug-likeness (QED) is 0.510. The second-order valence-electron chi connectivity index (χ2n) is 7.62. The van der Waals surface area contributed by atoms with E-state index in [1.165, 1.54) is 20.9 Å². The standard InChI is InChI=1S/C24H23N3S2/c1-16-6-10-19(11-7-16)29-20-12-8-18(9-13-20)23-22(21-5-3-4-14-25-21)26-24-27(23)15-17(2)28-24/h3-14,17,22-23H,15H2,1-2H3/t17-,22-,23-/m0/s1. The monoisotopic (exact) mass is 417 g/mol. The van der Waals surface area contributed by atoms with Crippen LogP contribution in [0.5, 0.6) is 0 Å². The topological polar surface area (TPSA) is 28.5 Å². The Morgan fingerprint density at radius 2 is 1.69 bits per heavy atom. The SMILES string of the molecule is Cc1ccc(Sc2ccc([C@H]3[C@H](c4ccccn4)N=C4S[C@@H](C)CN43)cc2)cc1. The number of benzene rings is 2. The Morgan fingerprint density at radius 3 is 2.38 bits per heavy atom. The second kappa shape index (κ2) is 7.88. The van der Waals surface area contributed by atoms with Crippen molar-refractivity contribution in [2.75, 3.05) is 6.54 Å². The molecule has 5 heteroatoms. The Balaban J connectivity index is 1.42. The minimum atomic E-state index is 0.0572. The van der Waals surface area contributed by atoms with Gasteiger partial charge < -0.3 is 4.90 Å². The first-order chi connectivity index (χ1) is 14.2. The van der Waals surface area contributed by atoms with E-state index in [1.54, 1.807) is 11.8 Å². The van der Waals surface area contributed by atoms with Gasteiger partial charge in [0.25, 0.3) is 0 Å². The van der Waals surface area contributed by atoms with Crippen LogP contribution in [-0.4, -0.2) is 26.8 Å². The zero-order valence-electron chi connectivity index (χ0n) is 16.5. The number of rotatable bonds is 4. The summed E-state index contributed by atoms with van der Waals surface area (Å²) >= 11 is 3.69. The van der Waals surface area contributed by atoms with Crippen LogP contribution in [0.3, 0.4) is 0 Å². The average molecular weight is 418 g/mol. The van der Waals surface area contributed by atoms with Gasteiger partial charge in [-0.3, -0.25) is 9.98 Å². The first-order valence-electron chi connectivity index (χ1n) is 9.94. The molecule has 1 aromatic heterocycles. The number of hydrogen-bond donors (Lipinski definition) is 0.